The van der Waals surface area contributed by atoms with E-state index in [0.29, 0.717) is 29.3 Å². The number of alkyl halides is 3. The van der Waals surface area contributed by atoms with Gasteiger partial charge >= 0.3 is 18.2 Å². The Bertz CT molecular complexity index is 1810. The third kappa shape index (κ3) is 7.47. The second-order valence-corrected chi connectivity index (χ2v) is 12.3. The van der Waals surface area contributed by atoms with Gasteiger partial charge in [0.25, 0.3) is 5.56 Å². The lowest BCUT2D eigenvalue weighted by Crippen LogP contribution is -2.45. The van der Waals surface area contributed by atoms with Gasteiger partial charge in [-0.05, 0) is 80.9 Å². The Morgan fingerprint density at radius 3 is 2.27 bits per heavy atom. The van der Waals surface area contributed by atoms with Crippen molar-refractivity contribution in [3.05, 3.63) is 81.6 Å². The van der Waals surface area contributed by atoms with E-state index in [1.807, 2.05) is 19.0 Å². The van der Waals surface area contributed by atoms with Crippen molar-refractivity contribution in [2.45, 2.75) is 51.4 Å². The van der Waals surface area contributed by atoms with Crippen LogP contribution in [0.2, 0.25) is 0 Å². The highest BCUT2D eigenvalue weighted by Gasteiger charge is 2.38. The predicted molar refractivity (Wildman–Crippen MR) is 168 cm³/mol. The topological polar surface area (TPSA) is 89.9 Å². The smallest absolute Gasteiger partial charge is 0.417 e. The van der Waals surface area contributed by atoms with Crippen molar-refractivity contribution in [2.24, 2.45) is 7.05 Å². The van der Waals surface area contributed by atoms with Gasteiger partial charge < -0.3 is 24.3 Å². The Labute approximate surface area is 259 Å². The Morgan fingerprint density at radius 2 is 1.64 bits per heavy atom. The van der Waals surface area contributed by atoms with Crippen molar-refractivity contribution in [1.29, 1.82) is 0 Å². The standard InChI is InChI=1S/C34H38F3N3O5/c1-33(2,3)45-32(43)38-26(31(42)44-7)19-21-10-8-12-23-22(21)11-9-13-24(23)28-29(34(35,36)37)25-18-20(16-17-39(4)5)14-15-27(25)40(6)30(28)41/h8-15,18,26H,16-17,19H2,1-7H3,(H,38,43)/t26-/m0/s1. The van der Waals surface area contributed by atoms with E-state index in [0.717, 1.165) is 5.56 Å². The van der Waals surface area contributed by atoms with E-state index in [1.54, 1.807) is 63.2 Å². The third-order valence-electron chi connectivity index (χ3n) is 7.47. The highest BCUT2D eigenvalue weighted by atomic mass is 19.4. The molecule has 45 heavy (non-hydrogen) atoms. The summed E-state index contributed by atoms with van der Waals surface area (Å²) in [6.45, 7) is 5.70. The number of esters is 1. The number of hydrogen-bond acceptors (Lipinski definition) is 6. The van der Waals surface area contributed by atoms with Gasteiger partial charge in [0.05, 0.1) is 23.8 Å². The van der Waals surface area contributed by atoms with Crippen LogP contribution in [0.25, 0.3) is 32.8 Å². The van der Waals surface area contributed by atoms with Gasteiger partial charge in [0.1, 0.15) is 11.6 Å². The SMILES string of the molecule is COC(=O)[C@H](Cc1cccc2c(-c3c(C(F)(F)F)c4cc(CCN(C)C)ccc4n(C)c3=O)cccc12)NC(=O)OC(C)(C)C. The van der Waals surface area contributed by atoms with E-state index in [2.05, 4.69) is 5.32 Å². The highest BCUT2D eigenvalue weighted by molar-refractivity contribution is 6.02. The molecule has 4 rings (SSSR count). The van der Waals surface area contributed by atoms with Crippen LogP contribution in [0.4, 0.5) is 18.0 Å². The summed E-state index contributed by atoms with van der Waals surface area (Å²) < 4.78 is 56.4. The maximum Gasteiger partial charge on any atom is 0.417 e. The van der Waals surface area contributed by atoms with Crippen molar-refractivity contribution in [2.75, 3.05) is 27.7 Å². The Balaban J connectivity index is 1.92. The summed E-state index contributed by atoms with van der Waals surface area (Å²) in [6.07, 6.45) is -5.16. The van der Waals surface area contributed by atoms with Gasteiger partial charge in [0.2, 0.25) is 0 Å². The number of likely N-dealkylation sites (N-methyl/N-ethyl adjacent to an activating group) is 1. The maximum absolute atomic E-state index is 15.0. The predicted octanol–water partition coefficient (Wildman–Crippen LogP) is 6.09. The number of halogens is 3. The molecule has 0 fully saturated rings. The average Bonchev–Trinajstić information content (AvgIpc) is 2.95. The summed E-state index contributed by atoms with van der Waals surface area (Å²) in [5.41, 5.74) is -1.49. The third-order valence-corrected chi connectivity index (χ3v) is 7.47. The van der Waals surface area contributed by atoms with Crippen LogP contribution in [0.5, 0.6) is 0 Å². The largest absolute Gasteiger partial charge is 0.467 e. The molecule has 1 aromatic heterocycles. The molecule has 0 spiro atoms. The first-order valence-corrected chi connectivity index (χ1v) is 14.5. The quantitative estimate of drug-likeness (QED) is 0.239. The molecule has 11 heteroatoms. The normalized spacial score (nSPS) is 12.9. The number of ether oxygens (including phenoxy) is 2. The van der Waals surface area contributed by atoms with E-state index in [-0.39, 0.29) is 22.9 Å². The second-order valence-electron chi connectivity index (χ2n) is 12.3. The Hall–Kier alpha value is -4.38. The summed E-state index contributed by atoms with van der Waals surface area (Å²) in [5, 5.41) is 3.38. The Morgan fingerprint density at radius 1 is 0.978 bits per heavy atom. The number of pyridine rings is 1. The van der Waals surface area contributed by atoms with E-state index in [4.69, 9.17) is 9.47 Å². The molecule has 0 aliphatic heterocycles. The molecule has 0 aliphatic carbocycles. The van der Waals surface area contributed by atoms with Gasteiger partial charge in [-0.1, -0.05) is 42.5 Å². The number of fused-ring (bicyclic) bond motifs is 2. The first-order valence-electron chi connectivity index (χ1n) is 14.5. The molecule has 1 heterocycles. The van der Waals surface area contributed by atoms with E-state index >= 15 is 0 Å². The highest BCUT2D eigenvalue weighted by Crippen LogP contribution is 2.42. The minimum Gasteiger partial charge on any atom is -0.467 e. The zero-order valence-electron chi connectivity index (χ0n) is 26.5. The van der Waals surface area contributed by atoms with Crippen LogP contribution in [-0.2, 0) is 40.3 Å². The molecule has 3 aromatic carbocycles. The number of alkyl carbamates (subject to hydrolysis) is 1. The van der Waals surface area contributed by atoms with Gasteiger partial charge in [-0.25, -0.2) is 9.59 Å². The maximum atomic E-state index is 15.0. The van der Waals surface area contributed by atoms with Gasteiger partial charge in [-0.15, -0.1) is 0 Å². The average molecular weight is 626 g/mol. The minimum absolute atomic E-state index is 0.0379. The summed E-state index contributed by atoms with van der Waals surface area (Å²) in [6, 6.07) is 13.5. The van der Waals surface area contributed by atoms with Crippen molar-refractivity contribution < 1.29 is 32.2 Å². The molecule has 1 atom stereocenters. The lowest BCUT2D eigenvalue weighted by molar-refractivity contribution is -0.143. The number of benzene rings is 3. The van der Waals surface area contributed by atoms with Gasteiger partial charge in [-0.2, -0.15) is 13.2 Å². The molecule has 0 saturated heterocycles. The fourth-order valence-corrected chi connectivity index (χ4v) is 5.42. The van der Waals surface area contributed by atoms with Crippen LogP contribution in [-0.4, -0.2) is 60.9 Å². The molecule has 4 aromatic rings. The van der Waals surface area contributed by atoms with Crippen molar-refractivity contribution in [3.63, 3.8) is 0 Å². The van der Waals surface area contributed by atoms with Crippen molar-refractivity contribution in [1.82, 2.24) is 14.8 Å². The van der Waals surface area contributed by atoms with Gasteiger partial charge in [0, 0.05) is 25.4 Å². The number of nitrogens with zero attached hydrogens (tertiary/aromatic N) is 2. The summed E-state index contributed by atoms with van der Waals surface area (Å²) in [7, 11) is 6.43. The zero-order chi connectivity index (χ0) is 33.3. The number of aryl methyl sites for hydroxylation is 1. The monoisotopic (exact) mass is 625 g/mol. The molecule has 1 amide bonds. The lowest BCUT2D eigenvalue weighted by atomic mass is 9.90. The van der Waals surface area contributed by atoms with Crippen LogP contribution < -0.4 is 10.9 Å². The first-order chi connectivity index (χ1) is 21.0. The van der Waals surface area contributed by atoms with Crippen LogP contribution in [0.1, 0.15) is 37.5 Å². The molecule has 0 unspecified atom stereocenters. The summed E-state index contributed by atoms with van der Waals surface area (Å²) in [4.78, 5) is 40.9. The fourth-order valence-electron chi connectivity index (χ4n) is 5.42. The number of carbonyl (C=O) groups is 2. The number of amides is 1. The van der Waals surface area contributed by atoms with E-state index < -0.39 is 46.6 Å². The minimum atomic E-state index is -4.84. The van der Waals surface area contributed by atoms with E-state index in [1.165, 1.54) is 30.9 Å². The van der Waals surface area contributed by atoms with Crippen molar-refractivity contribution >= 4 is 33.7 Å². The van der Waals surface area contributed by atoms with Crippen LogP contribution in [0, 0.1) is 0 Å². The van der Waals surface area contributed by atoms with Crippen LogP contribution in [0.15, 0.2) is 59.4 Å². The van der Waals surface area contributed by atoms with Gasteiger partial charge in [0.15, 0.2) is 0 Å². The second kappa shape index (κ2) is 12.9. The fraction of sp³-hybridized carbons (Fsp3) is 0.382. The Kier molecular flexibility index (Phi) is 9.62. The molecule has 0 saturated carbocycles. The number of rotatable bonds is 8. The zero-order valence-corrected chi connectivity index (χ0v) is 26.5. The number of aromatic nitrogens is 1. The van der Waals surface area contributed by atoms with Gasteiger partial charge in [-0.3, -0.25) is 4.79 Å². The molecule has 1 N–H and O–H groups in total. The molecule has 0 radical (unpaired) electrons. The van der Waals surface area contributed by atoms with Crippen LogP contribution in [0.3, 0.4) is 0 Å². The molecular formula is C34H38F3N3O5. The number of carbonyl (C=O) groups excluding carboxylic acids is 2. The van der Waals surface area contributed by atoms with E-state index in [9.17, 15) is 27.6 Å². The number of hydrogen-bond donors (Lipinski definition) is 1. The molecular weight excluding hydrogens is 587 g/mol. The van der Waals surface area contributed by atoms with Crippen molar-refractivity contribution in [3.8, 4) is 11.1 Å². The number of methoxy groups -OCH3 is 1. The molecule has 240 valence electrons. The lowest BCUT2D eigenvalue weighted by Gasteiger charge is -2.23. The molecule has 8 nitrogen and oxygen atoms in total. The molecule has 0 aliphatic rings. The number of nitrogens with one attached hydrogen (secondary N) is 1. The first kappa shape index (κ1) is 33.5. The van der Waals surface area contributed by atoms with Crippen LogP contribution >= 0.6 is 0 Å². The summed E-state index contributed by atoms with van der Waals surface area (Å²) >= 11 is 0. The molecule has 0 bridgehead atoms. The summed E-state index contributed by atoms with van der Waals surface area (Å²) in [5.74, 6) is -0.721.